The lowest BCUT2D eigenvalue weighted by Gasteiger charge is -2.24. The van der Waals surface area contributed by atoms with Crippen molar-refractivity contribution >= 4 is 5.91 Å². The highest BCUT2D eigenvalue weighted by Crippen LogP contribution is 2.28. The van der Waals surface area contributed by atoms with Crippen LogP contribution in [-0.4, -0.2) is 60.5 Å². The number of hydrogen-bond donors (Lipinski definition) is 2. The molecule has 1 aliphatic rings. The van der Waals surface area contributed by atoms with Gasteiger partial charge in [0.2, 0.25) is 5.91 Å². The Bertz CT molecular complexity index is 562. The van der Waals surface area contributed by atoms with Gasteiger partial charge in [-0.3, -0.25) is 4.79 Å². The molecule has 1 unspecified atom stereocenters. The number of amides is 1. The predicted molar refractivity (Wildman–Crippen MR) is 90.3 cm³/mol. The van der Waals surface area contributed by atoms with Gasteiger partial charge >= 0.3 is 0 Å². The van der Waals surface area contributed by atoms with E-state index < -0.39 is 5.60 Å². The van der Waals surface area contributed by atoms with Crippen LogP contribution in [0.2, 0.25) is 0 Å². The fourth-order valence-corrected chi connectivity index (χ4v) is 3.03. The zero-order valence-corrected chi connectivity index (χ0v) is 14.5. The second kappa shape index (κ2) is 8.35. The molecule has 1 fully saturated rings. The molecule has 1 aromatic rings. The Labute approximate surface area is 143 Å². The molecule has 1 amide bonds. The van der Waals surface area contributed by atoms with E-state index in [0.717, 1.165) is 5.56 Å². The van der Waals surface area contributed by atoms with Crippen LogP contribution in [0.15, 0.2) is 18.2 Å². The maximum Gasteiger partial charge on any atom is 0.222 e. The molecule has 0 bridgehead atoms. The van der Waals surface area contributed by atoms with Gasteiger partial charge in [0.1, 0.15) is 0 Å². The highest BCUT2D eigenvalue weighted by molar-refractivity contribution is 5.76. The van der Waals surface area contributed by atoms with Crippen LogP contribution in [-0.2, 0) is 11.2 Å². The maximum absolute atomic E-state index is 12.4. The third-order valence-electron chi connectivity index (χ3n) is 4.64. The van der Waals surface area contributed by atoms with Crippen molar-refractivity contribution in [2.45, 2.75) is 37.7 Å². The second-order valence-corrected chi connectivity index (χ2v) is 6.31. The maximum atomic E-state index is 12.4. The lowest BCUT2D eigenvalue weighted by molar-refractivity contribution is -0.131. The fraction of sp³-hybridized carbons (Fsp3) is 0.611. The molecule has 2 N–H and O–H groups in total. The van der Waals surface area contributed by atoms with Gasteiger partial charge in [-0.2, -0.15) is 0 Å². The first kappa shape index (κ1) is 18.5. The molecule has 134 valence electrons. The van der Waals surface area contributed by atoms with Gasteiger partial charge in [-0.25, -0.2) is 0 Å². The van der Waals surface area contributed by atoms with E-state index in [1.807, 2.05) is 18.2 Å². The SMILES string of the molecule is COc1ccc(CCC(=O)N2CCCC(O)(CO)CC2)cc1OC. The molecule has 6 nitrogen and oxygen atoms in total. The number of aryl methyl sites for hydroxylation is 1. The van der Waals surface area contributed by atoms with Crippen LogP contribution in [0.25, 0.3) is 0 Å². The van der Waals surface area contributed by atoms with Crippen LogP contribution < -0.4 is 9.47 Å². The average molecular weight is 337 g/mol. The molecule has 1 heterocycles. The minimum absolute atomic E-state index is 0.0759. The van der Waals surface area contributed by atoms with E-state index in [1.165, 1.54) is 0 Å². The largest absolute Gasteiger partial charge is 0.493 e. The quantitative estimate of drug-likeness (QED) is 0.820. The lowest BCUT2D eigenvalue weighted by atomic mass is 9.96. The number of aliphatic hydroxyl groups excluding tert-OH is 1. The van der Waals surface area contributed by atoms with E-state index in [1.54, 1.807) is 19.1 Å². The van der Waals surface area contributed by atoms with Gasteiger partial charge in [-0.05, 0) is 43.4 Å². The summed E-state index contributed by atoms with van der Waals surface area (Å²) in [6.07, 6.45) is 2.70. The van der Waals surface area contributed by atoms with E-state index >= 15 is 0 Å². The molecule has 0 spiro atoms. The van der Waals surface area contributed by atoms with Crippen molar-refractivity contribution in [2.75, 3.05) is 33.9 Å². The Morgan fingerprint density at radius 2 is 1.96 bits per heavy atom. The molecule has 1 atom stereocenters. The van der Waals surface area contributed by atoms with Gasteiger partial charge in [0.15, 0.2) is 11.5 Å². The summed E-state index contributed by atoms with van der Waals surface area (Å²) in [6.45, 7) is 0.871. The molecule has 0 aliphatic carbocycles. The molecule has 1 aromatic carbocycles. The Morgan fingerprint density at radius 3 is 2.62 bits per heavy atom. The standard InChI is InChI=1S/C18H27NO5/c1-23-15-6-4-14(12-16(15)24-2)5-7-17(21)19-10-3-8-18(22,13-20)9-11-19/h4,6,12,20,22H,3,5,7-11,13H2,1-2H3. The molecule has 6 heteroatoms. The van der Waals surface area contributed by atoms with Crippen LogP contribution in [0.1, 0.15) is 31.2 Å². The van der Waals surface area contributed by atoms with Crippen LogP contribution in [0, 0.1) is 0 Å². The van der Waals surface area contributed by atoms with Gasteiger partial charge in [-0.1, -0.05) is 6.07 Å². The molecule has 1 aliphatic heterocycles. The van der Waals surface area contributed by atoms with E-state index in [9.17, 15) is 15.0 Å². The smallest absolute Gasteiger partial charge is 0.222 e. The number of benzene rings is 1. The minimum atomic E-state index is -1.04. The number of methoxy groups -OCH3 is 2. The average Bonchev–Trinajstić information content (AvgIpc) is 2.81. The Morgan fingerprint density at radius 1 is 1.21 bits per heavy atom. The minimum Gasteiger partial charge on any atom is -0.493 e. The zero-order chi connectivity index (χ0) is 17.6. The van der Waals surface area contributed by atoms with Crippen molar-refractivity contribution < 1.29 is 24.5 Å². The van der Waals surface area contributed by atoms with E-state index in [4.69, 9.17) is 9.47 Å². The van der Waals surface area contributed by atoms with Crippen molar-refractivity contribution in [3.8, 4) is 11.5 Å². The molecular formula is C18H27NO5. The van der Waals surface area contributed by atoms with E-state index in [2.05, 4.69) is 0 Å². The molecule has 24 heavy (non-hydrogen) atoms. The van der Waals surface area contributed by atoms with Crippen molar-refractivity contribution in [1.29, 1.82) is 0 Å². The van der Waals surface area contributed by atoms with Gasteiger partial charge in [-0.15, -0.1) is 0 Å². The zero-order valence-electron chi connectivity index (χ0n) is 14.5. The number of hydrogen-bond acceptors (Lipinski definition) is 5. The number of ether oxygens (including phenoxy) is 2. The number of nitrogens with zero attached hydrogens (tertiary/aromatic N) is 1. The van der Waals surface area contributed by atoms with Crippen molar-refractivity contribution in [1.82, 2.24) is 4.90 Å². The van der Waals surface area contributed by atoms with Crippen LogP contribution in [0.4, 0.5) is 0 Å². The Balaban J connectivity index is 1.91. The molecule has 0 aromatic heterocycles. The number of carbonyl (C=O) groups excluding carboxylic acids is 1. The summed E-state index contributed by atoms with van der Waals surface area (Å²) in [5, 5.41) is 19.4. The number of likely N-dealkylation sites (tertiary alicyclic amines) is 1. The molecule has 1 saturated heterocycles. The van der Waals surface area contributed by atoms with E-state index in [0.29, 0.717) is 56.7 Å². The monoisotopic (exact) mass is 337 g/mol. The van der Waals surface area contributed by atoms with Crippen molar-refractivity contribution in [2.24, 2.45) is 0 Å². The van der Waals surface area contributed by atoms with Crippen molar-refractivity contribution in [3.05, 3.63) is 23.8 Å². The third-order valence-corrected chi connectivity index (χ3v) is 4.64. The first-order valence-corrected chi connectivity index (χ1v) is 8.33. The molecular weight excluding hydrogens is 310 g/mol. The fourth-order valence-electron chi connectivity index (χ4n) is 3.03. The summed E-state index contributed by atoms with van der Waals surface area (Å²) < 4.78 is 10.5. The molecule has 0 saturated carbocycles. The highest BCUT2D eigenvalue weighted by Gasteiger charge is 2.30. The summed E-state index contributed by atoms with van der Waals surface area (Å²) in [5.74, 6) is 1.40. The summed E-state index contributed by atoms with van der Waals surface area (Å²) in [5.41, 5.74) is -0.0269. The first-order chi connectivity index (χ1) is 11.5. The summed E-state index contributed by atoms with van der Waals surface area (Å²) in [6, 6.07) is 5.66. The molecule has 2 rings (SSSR count). The number of aliphatic hydroxyl groups is 2. The second-order valence-electron chi connectivity index (χ2n) is 6.31. The van der Waals surface area contributed by atoms with Gasteiger partial charge in [0, 0.05) is 19.5 Å². The Kier molecular flexibility index (Phi) is 6.45. The summed E-state index contributed by atoms with van der Waals surface area (Å²) >= 11 is 0. The summed E-state index contributed by atoms with van der Waals surface area (Å²) in [7, 11) is 3.18. The highest BCUT2D eigenvalue weighted by atomic mass is 16.5. The predicted octanol–water partition coefficient (Wildman–Crippen LogP) is 1.37. The number of carbonyl (C=O) groups is 1. The number of rotatable bonds is 6. The lowest BCUT2D eigenvalue weighted by Crippen LogP contribution is -2.36. The topological polar surface area (TPSA) is 79.2 Å². The van der Waals surface area contributed by atoms with Crippen LogP contribution >= 0.6 is 0 Å². The van der Waals surface area contributed by atoms with E-state index in [-0.39, 0.29) is 12.5 Å². The van der Waals surface area contributed by atoms with Crippen molar-refractivity contribution in [3.63, 3.8) is 0 Å². The first-order valence-electron chi connectivity index (χ1n) is 8.33. The van der Waals surface area contributed by atoms with Gasteiger partial charge < -0.3 is 24.6 Å². The normalized spacial score (nSPS) is 21.2. The summed E-state index contributed by atoms with van der Waals surface area (Å²) in [4.78, 5) is 14.2. The van der Waals surface area contributed by atoms with Gasteiger partial charge in [0.25, 0.3) is 0 Å². The van der Waals surface area contributed by atoms with Crippen LogP contribution in [0.3, 0.4) is 0 Å². The van der Waals surface area contributed by atoms with Gasteiger partial charge in [0.05, 0.1) is 26.4 Å². The molecule has 0 radical (unpaired) electrons. The Hall–Kier alpha value is -1.79. The van der Waals surface area contributed by atoms with Crippen LogP contribution in [0.5, 0.6) is 11.5 Å². The third kappa shape index (κ3) is 4.61.